The monoisotopic (exact) mass is 331 g/mol. The SMILES string of the molecule is CN=C(NCC(C)COCc1ccccc1)NC1CC2CCC1O2. The van der Waals surface area contributed by atoms with Gasteiger partial charge in [-0.15, -0.1) is 0 Å². The van der Waals surface area contributed by atoms with Crippen molar-refractivity contribution in [1.29, 1.82) is 0 Å². The first-order valence-electron chi connectivity index (χ1n) is 8.99. The van der Waals surface area contributed by atoms with Gasteiger partial charge in [-0.2, -0.15) is 0 Å². The number of guanidine groups is 1. The summed E-state index contributed by atoms with van der Waals surface area (Å²) < 4.78 is 11.7. The van der Waals surface area contributed by atoms with Crippen LogP contribution in [0, 0.1) is 5.92 Å². The molecule has 1 aromatic rings. The molecule has 0 aromatic heterocycles. The Morgan fingerprint density at radius 2 is 2.17 bits per heavy atom. The van der Waals surface area contributed by atoms with Gasteiger partial charge in [0.2, 0.25) is 0 Å². The topological polar surface area (TPSA) is 54.9 Å². The Bertz CT molecular complexity index is 535. The number of nitrogens with zero attached hydrogens (tertiary/aromatic N) is 1. The maximum absolute atomic E-state index is 5.89. The summed E-state index contributed by atoms with van der Waals surface area (Å²) in [6.07, 6.45) is 4.30. The second kappa shape index (κ2) is 8.49. The second-order valence-electron chi connectivity index (χ2n) is 6.92. The first-order valence-corrected chi connectivity index (χ1v) is 8.99. The molecule has 0 radical (unpaired) electrons. The van der Waals surface area contributed by atoms with Crippen molar-refractivity contribution in [1.82, 2.24) is 10.6 Å². The molecule has 4 unspecified atom stereocenters. The lowest BCUT2D eigenvalue weighted by Gasteiger charge is -2.23. The summed E-state index contributed by atoms with van der Waals surface area (Å²) in [5, 5.41) is 6.91. The smallest absolute Gasteiger partial charge is 0.191 e. The van der Waals surface area contributed by atoms with Crippen molar-refractivity contribution in [3.05, 3.63) is 35.9 Å². The van der Waals surface area contributed by atoms with Gasteiger partial charge in [0, 0.05) is 13.6 Å². The predicted molar refractivity (Wildman–Crippen MR) is 96.1 cm³/mol. The Morgan fingerprint density at radius 3 is 2.83 bits per heavy atom. The van der Waals surface area contributed by atoms with E-state index in [2.05, 4.69) is 34.7 Å². The van der Waals surface area contributed by atoms with Gasteiger partial charge in [0.05, 0.1) is 31.5 Å². The van der Waals surface area contributed by atoms with E-state index in [9.17, 15) is 0 Å². The average Bonchev–Trinajstić information content (AvgIpc) is 3.22. The van der Waals surface area contributed by atoms with Gasteiger partial charge in [-0.1, -0.05) is 37.3 Å². The molecule has 2 aliphatic rings. The number of hydrogen-bond donors (Lipinski definition) is 2. The third-order valence-corrected chi connectivity index (χ3v) is 4.78. The average molecular weight is 331 g/mol. The fourth-order valence-corrected chi connectivity index (χ4v) is 3.44. The summed E-state index contributed by atoms with van der Waals surface area (Å²) in [6, 6.07) is 10.7. The van der Waals surface area contributed by atoms with E-state index in [1.807, 2.05) is 25.2 Å². The number of hydrogen-bond acceptors (Lipinski definition) is 3. The quantitative estimate of drug-likeness (QED) is 0.595. The molecule has 0 aliphatic carbocycles. The Hall–Kier alpha value is -1.59. The van der Waals surface area contributed by atoms with E-state index in [0.29, 0.717) is 30.8 Å². The molecule has 0 saturated carbocycles. The lowest BCUT2D eigenvalue weighted by molar-refractivity contribution is 0.0928. The van der Waals surface area contributed by atoms with Crippen LogP contribution in [0.5, 0.6) is 0 Å². The van der Waals surface area contributed by atoms with Gasteiger partial charge in [-0.05, 0) is 30.7 Å². The lowest BCUT2D eigenvalue weighted by Crippen LogP contribution is -2.48. The van der Waals surface area contributed by atoms with Crippen molar-refractivity contribution in [3.8, 4) is 0 Å². The molecule has 1 aromatic carbocycles. The molecule has 2 fully saturated rings. The van der Waals surface area contributed by atoms with Gasteiger partial charge < -0.3 is 20.1 Å². The first kappa shape index (κ1) is 17.2. The molecule has 5 nitrogen and oxygen atoms in total. The summed E-state index contributed by atoms with van der Waals surface area (Å²) >= 11 is 0. The first-order chi connectivity index (χ1) is 11.7. The van der Waals surface area contributed by atoms with Crippen LogP contribution >= 0.6 is 0 Å². The van der Waals surface area contributed by atoms with Gasteiger partial charge in [-0.3, -0.25) is 4.99 Å². The molecule has 2 bridgehead atoms. The van der Waals surface area contributed by atoms with E-state index in [1.165, 1.54) is 18.4 Å². The van der Waals surface area contributed by atoms with Crippen molar-refractivity contribution in [2.75, 3.05) is 20.2 Å². The van der Waals surface area contributed by atoms with Crippen LogP contribution in [0.3, 0.4) is 0 Å². The van der Waals surface area contributed by atoms with E-state index >= 15 is 0 Å². The van der Waals surface area contributed by atoms with Crippen LogP contribution in [0.2, 0.25) is 0 Å². The van der Waals surface area contributed by atoms with E-state index in [-0.39, 0.29) is 0 Å². The third-order valence-electron chi connectivity index (χ3n) is 4.78. The van der Waals surface area contributed by atoms with Crippen molar-refractivity contribution >= 4 is 5.96 Å². The van der Waals surface area contributed by atoms with Crippen LogP contribution in [0.25, 0.3) is 0 Å². The molecule has 0 spiro atoms. The highest BCUT2D eigenvalue weighted by molar-refractivity contribution is 5.80. The molecule has 5 heteroatoms. The minimum absolute atomic E-state index is 0.361. The fraction of sp³-hybridized carbons (Fsp3) is 0.632. The number of ether oxygens (including phenoxy) is 2. The largest absolute Gasteiger partial charge is 0.376 e. The Morgan fingerprint density at radius 1 is 1.33 bits per heavy atom. The number of rotatable bonds is 7. The lowest BCUT2D eigenvalue weighted by atomic mass is 9.96. The van der Waals surface area contributed by atoms with Gasteiger partial charge in [0.15, 0.2) is 5.96 Å². The highest BCUT2D eigenvalue weighted by Crippen LogP contribution is 2.34. The summed E-state index contributed by atoms with van der Waals surface area (Å²) in [5.74, 6) is 1.29. The molecule has 4 atom stereocenters. The molecule has 0 amide bonds. The van der Waals surface area contributed by atoms with Crippen LogP contribution in [0.15, 0.2) is 35.3 Å². The standard InChI is InChI=1S/C19H29N3O2/c1-14(12-23-13-15-6-4-3-5-7-15)11-21-19(20-2)22-17-10-16-8-9-18(17)24-16/h3-7,14,16-18H,8-13H2,1-2H3,(H2,20,21,22). The van der Waals surface area contributed by atoms with Gasteiger partial charge >= 0.3 is 0 Å². The molecular formula is C19H29N3O2. The van der Waals surface area contributed by atoms with Gasteiger partial charge in [-0.25, -0.2) is 0 Å². The molecule has 132 valence electrons. The Balaban J connectivity index is 1.33. The van der Waals surface area contributed by atoms with Crippen molar-refractivity contribution in [2.45, 2.75) is 51.0 Å². The Kier molecular flexibility index (Phi) is 6.10. The third kappa shape index (κ3) is 4.71. The van der Waals surface area contributed by atoms with Crippen molar-refractivity contribution in [3.63, 3.8) is 0 Å². The minimum atomic E-state index is 0.361. The van der Waals surface area contributed by atoms with E-state index in [0.717, 1.165) is 25.5 Å². The maximum Gasteiger partial charge on any atom is 0.191 e. The molecule has 2 saturated heterocycles. The number of aliphatic imine (C=N–C) groups is 1. The van der Waals surface area contributed by atoms with Crippen LogP contribution < -0.4 is 10.6 Å². The molecular weight excluding hydrogens is 302 g/mol. The minimum Gasteiger partial charge on any atom is -0.376 e. The van der Waals surface area contributed by atoms with Crippen LogP contribution in [0.4, 0.5) is 0 Å². The van der Waals surface area contributed by atoms with Crippen molar-refractivity contribution < 1.29 is 9.47 Å². The van der Waals surface area contributed by atoms with Crippen molar-refractivity contribution in [2.24, 2.45) is 10.9 Å². The molecule has 3 rings (SSSR count). The second-order valence-corrected chi connectivity index (χ2v) is 6.92. The molecule has 2 aliphatic heterocycles. The van der Waals surface area contributed by atoms with Crippen LogP contribution in [-0.2, 0) is 16.1 Å². The zero-order chi connectivity index (χ0) is 16.8. The number of nitrogens with one attached hydrogen (secondary N) is 2. The summed E-state index contributed by atoms with van der Waals surface area (Å²) in [4.78, 5) is 4.33. The number of benzene rings is 1. The Labute approximate surface area is 144 Å². The highest BCUT2D eigenvalue weighted by Gasteiger charge is 2.41. The number of fused-ring (bicyclic) bond motifs is 2. The van der Waals surface area contributed by atoms with E-state index < -0.39 is 0 Å². The van der Waals surface area contributed by atoms with E-state index in [4.69, 9.17) is 9.47 Å². The maximum atomic E-state index is 5.89. The van der Waals surface area contributed by atoms with Gasteiger partial charge in [0.1, 0.15) is 0 Å². The molecule has 2 N–H and O–H groups in total. The molecule has 2 heterocycles. The predicted octanol–water partition coefficient (Wildman–Crippen LogP) is 2.32. The summed E-state index contributed by atoms with van der Waals surface area (Å²) in [7, 11) is 1.82. The van der Waals surface area contributed by atoms with Gasteiger partial charge in [0.25, 0.3) is 0 Å². The normalized spacial score (nSPS) is 27.2. The zero-order valence-corrected chi connectivity index (χ0v) is 14.7. The van der Waals surface area contributed by atoms with E-state index in [1.54, 1.807) is 0 Å². The molecule has 24 heavy (non-hydrogen) atoms. The summed E-state index contributed by atoms with van der Waals surface area (Å²) in [5.41, 5.74) is 1.21. The van der Waals surface area contributed by atoms with Crippen LogP contribution in [-0.4, -0.2) is 44.4 Å². The highest BCUT2D eigenvalue weighted by atomic mass is 16.5. The fourth-order valence-electron chi connectivity index (χ4n) is 3.44. The zero-order valence-electron chi connectivity index (χ0n) is 14.7. The summed E-state index contributed by atoms with van der Waals surface area (Å²) in [6.45, 7) is 4.43. The van der Waals surface area contributed by atoms with Crippen LogP contribution in [0.1, 0.15) is 31.7 Å².